The first-order valence-corrected chi connectivity index (χ1v) is 15.9. The van der Waals surface area contributed by atoms with Crippen molar-refractivity contribution in [1.29, 1.82) is 0 Å². The molecule has 0 atom stereocenters. The number of hydrogen-bond donors (Lipinski definition) is 1. The molecule has 0 spiro atoms. The van der Waals surface area contributed by atoms with Gasteiger partial charge in [-0.05, 0) is 59.0 Å². The van der Waals surface area contributed by atoms with Crippen molar-refractivity contribution < 1.29 is 34.4 Å². The van der Waals surface area contributed by atoms with Gasteiger partial charge in [0, 0.05) is 47.8 Å². The zero-order valence-electron chi connectivity index (χ0n) is 27.7. The van der Waals surface area contributed by atoms with E-state index < -0.39 is 0 Å². The topological polar surface area (TPSA) is 63.3 Å². The summed E-state index contributed by atoms with van der Waals surface area (Å²) in [6, 6.07) is 22.8. The molecule has 0 fully saturated rings. The first-order chi connectivity index (χ1) is 21.0. The first-order valence-electron chi connectivity index (χ1n) is 15.9. The standard InChI is InChI=1S/C25H16NO.C15H28O2.Ir/c1-14-9-15(2)11-17(10-14)25-20-8-7-19-18-6-4-3-5-16(18)12-21-23(19)24(20)22(27-21)13-26-25;1-7-14(5,8-2)12(16)11-13(17)15(6,9-3)10-4;/h3-10,12-13H,1-2H3;11,16H,7-10H2,1-6H3;/q-1;;/b;12-11-;. The number of carbonyl (C=O) groups excluding carboxylic acids is 1. The molecule has 4 aromatic carbocycles. The number of furan rings is 1. The molecular weight excluding hydrogens is 735 g/mol. The SMILES string of the molecule is CCC(C)(CC)C(=O)/C=C(\O)C(C)(CC)CC.Cc1[c-]c(-c2ncc3oc4cc5ccccc5c5ccc2c3c45)cc(C)c1.[Ir]. The summed E-state index contributed by atoms with van der Waals surface area (Å²) in [4.78, 5) is 16.9. The van der Waals surface area contributed by atoms with Crippen LogP contribution in [0, 0.1) is 30.7 Å². The Morgan fingerprint density at radius 1 is 0.844 bits per heavy atom. The van der Waals surface area contributed by atoms with Gasteiger partial charge >= 0.3 is 0 Å². The number of pyridine rings is 1. The minimum absolute atomic E-state index is 0. The Bertz CT molecular complexity index is 1970. The average Bonchev–Trinajstić information content (AvgIpc) is 3.41. The van der Waals surface area contributed by atoms with E-state index >= 15 is 0 Å². The Labute approximate surface area is 280 Å². The van der Waals surface area contributed by atoms with Gasteiger partial charge in [-0.15, -0.1) is 34.9 Å². The molecule has 2 aromatic heterocycles. The summed E-state index contributed by atoms with van der Waals surface area (Å²) in [5.74, 6) is 0.286. The molecule has 0 bridgehead atoms. The zero-order valence-corrected chi connectivity index (χ0v) is 30.1. The predicted octanol–water partition coefficient (Wildman–Crippen LogP) is 11.5. The van der Waals surface area contributed by atoms with E-state index in [2.05, 4.69) is 74.5 Å². The molecule has 2 heterocycles. The van der Waals surface area contributed by atoms with Crippen LogP contribution in [0.5, 0.6) is 0 Å². The normalized spacial score (nSPS) is 12.5. The summed E-state index contributed by atoms with van der Waals surface area (Å²) in [5.41, 5.74) is 5.51. The van der Waals surface area contributed by atoms with Crippen LogP contribution in [0.1, 0.15) is 78.4 Å². The van der Waals surface area contributed by atoms with E-state index in [1.165, 1.54) is 33.2 Å². The quantitative estimate of drug-likeness (QED) is 0.0723. The maximum atomic E-state index is 12.2. The molecule has 45 heavy (non-hydrogen) atoms. The third-order valence-corrected chi connectivity index (χ3v) is 10.0. The molecule has 0 amide bonds. The minimum Gasteiger partial charge on any atom is -0.512 e. The largest absolute Gasteiger partial charge is 0.512 e. The molecule has 0 saturated heterocycles. The van der Waals surface area contributed by atoms with Gasteiger partial charge in [-0.25, -0.2) is 0 Å². The summed E-state index contributed by atoms with van der Waals surface area (Å²) in [5, 5.41) is 17.3. The number of nitrogens with zero attached hydrogens (tertiary/aromatic N) is 1. The van der Waals surface area contributed by atoms with Gasteiger partial charge in [0.25, 0.3) is 0 Å². The molecule has 4 nitrogen and oxygen atoms in total. The second kappa shape index (κ2) is 13.4. The van der Waals surface area contributed by atoms with Crippen molar-refractivity contribution in [3.05, 3.63) is 89.8 Å². The van der Waals surface area contributed by atoms with E-state index in [0.717, 1.165) is 64.4 Å². The van der Waals surface area contributed by atoms with Crippen molar-refractivity contribution in [1.82, 2.24) is 4.98 Å². The number of allylic oxidation sites excluding steroid dienone is 2. The monoisotopic (exact) mass is 779 g/mol. The first kappa shape index (κ1) is 34.3. The molecule has 237 valence electrons. The van der Waals surface area contributed by atoms with Crippen molar-refractivity contribution in [2.45, 2.75) is 81.1 Å². The van der Waals surface area contributed by atoms with Gasteiger partial charge in [0.1, 0.15) is 11.3 Å². The van der Waals surface area contributed by atoms with Crippen LogP contribution >= 0.6 is 0 Å². The fourth-order valence-corrected chi connectivity index (χ4v) is 6.07. The molecule has 1 N–H and O–H groups in total. The molecule has 0 saturated carbocycles. The molecule has 0 unspecified atom stereocenters. The number of benzene rings is 4. The molecule has 0 aliphatic rings. The van der Waals surface area contributed by atoms with Gasteiger partial charge in [0.2, 0.25) is 0 Å². The van der Waals surface area contributed by atoms with Crippen LogP contribution in [0.25, 0.3) is 54.7 Å². The number of ketones is 1. The van der Waals surface area contributed by atoms with Gasteiger partial charge < -0.3 is 14.5 Å². The number of carbonyl (C=O) groups is 1. The number of aliphatic hydroxyl groups excluding tert-OH is 1. The van der Waals surface area contributed by atoms with Gasteiger partial charge in [-0.1, -0.05) is 91.8 Å². The van der Waals surface area contributed by atoms with Crippen molar-refractivity contribution >= 4 is 49.3 Å². The summed E-state index contributed by atoms with van der Waals surface area (Å²) in [6.07, 6.45) is 6.61. The van der Waals surface area contributed by atoms with Gasteiger partial charge in [-0.2, -0.15) is 0 Å². The Morgan fingerprint density at radius 2 is 1.47 bits per heavy atom. The second-order valence-corrected chi connectivity index (χ2v) is 12.8. The number of hydrogen-bond acceptors (Lipinski definition) is 4. The summed E-state index contributed by atoms with van der Waals surface area (Å²) in [6.45, 7) is 16.3. The molecule has 6 rings (SSSR count). The summed E-state index contributed by atoms with van der Waals surface area (Å²) in [7, 11) is 0. The van der Waals surface area contributed by atoms with Gasteiger partial charge in [0.15, 0.2) is 11.4 Å². The fourth-order valence-electron chi connectivity index (χ4n) is 6.07. The molecule has 1 radical (unpaired) electrons. The van der Waals surface area contributed by atoms with E-state index in [1.54, 1.807) is 0 Å². The van der Waals surface area contributed by atoms with E-state index in [9.17, 15) is 9.90 Å². The smallest absolute Gasteiger partial charge is 0.164 e. The maximum absolute atomic E-state index is 12.2. The third kappa shape index (κ3) is 6.30. The molecular formula is C40H44IrNO3-. The minimum atomic E-state index is -0.337. The van der Waals surface area contributed by atoms with Crippen LogP contribution in [-0.4, -0.2) is 15.9 Å². The van der Waals surface area contributed by atoms with E-state index in [0.29, 0.717) is 0 Å². The van der Waals surface area contributed by atoms with Crippen LogP contribution in [0.15, 0.2) is 77.0 Å². The average molecular weight is 779 g/mol. The van der Waals surface area contributed by atoms with Crippen LogP contribution < -0.4 is 0 Å². The second-order valence-electron chi connectivity index (χ2n) is 12.8. The summed E-state index contributed by atoms with van der Waals surface area (Å²) >= 11 is 0. The number of aryl methyl sites for hydroxylation is 2. The van der Waals surface area contributed by atoms with E-state index in [1.807, 2.05) is 47.7 Å². The summed E-state index contributed by atoms with van der Waals surface area (Å²) < 4.78 is 6.19. The van der Waals surface area contributed by atoms with Crippen molar-refractivity contribution in [3.8, 4) is 11.3 Å². The van der Waals surface area contributed by atoms with Crippen molar-refractivity contribution in [2.24, 2.45) is 10.8 Å². The van der Waals surface area contributed by atoms with Crippen molar-refractivity contribution in [3.63, 3.8) is 0 Å². The number of aliphatic hydroxyl groups is 1. The third-order valence-electron chi connectivity index (χ3n) is 10.0. The van der Waals surface area contributed by atoms with Gasteiger partial charge in [-0.3, -0.25) is 4.79 Å². The molecule has 6 aromatic rings. The van der Waals surface area contributed by atoms with E-state index in [4.69, 9.17) is 9.40 Å². The molecule has 0 aliphatic carbocycles. The van der Waals surface area contributed by atoms with Crippen LogP contribution in [0.3, 0.4) is 0 Å². The molecule has 0 aliphatic heterocycles. The zero-order chi connectivity index (χ0) is 31.8. The van der Waals surface area contributed by atoms with E-state index in [-0.39, 0.29) is 42.5 Å². The predicted molar refractivity (Wildman–Crippen MR) is 185 cm³/mol. The number of aromatic nitrogens is 1. The van der Waals surface area contributed by atoms with Crippen LogP contribution in [0.2, 0.25) is 0 Å². The Balaban J connectivity index is 0.000000226. The molecule has 5 heteroatoms. The number of rotatable bonds is 8. The fraction of sp³-hybridized carbons (Fsp3) is 0.350. The Hall–Kier alpha value is -3.53. The maximum Gasteiger partial charge on any atom is 0.164 e. The Kier molecular flexibility index (Phi) is 10.3. The van der Waals surface area contributed by atoms with Gasteiger partial charge in [0.05, 0.1) is 6.20 Å². The Morgan fingerprint density at radius 3 is 2.11 bits per heavy atom. The van der Waals surface area contributed by atoms with Crippen molar-refractivity contribution in [2.75, 3.05) is 0 Å². The van der Waals surface area contributed by atoms with Crippen LogP contribution in [0.4, 0.5) is 0 Å². The number of fused-ring (bicyclic) bond motifs is 2. The van der Waals surface area contributed by atoms with Crippen LogP contribution in [-0.2, 0) is 24.9 Å².